The molecule has 5 nitrogen and oxygen atoms in total. The molecule has 0 spiro atoms. The quantitative estimate of drug-likeness (QED) is 0.858. The molecule has 0 saturated carbocycles. The van der Waals surface area contributed by atoms with Crippen LogP contribution in [0.5, 0.6) is 0 Å². The average molecular weight is 392 g/mol. The van der Waals surface area contributed by atoms with Gasteiger partial charge in [-0.2, -0.15) is 0 Å². The van der Waals surface area contributed by atoms with Crippen LogP contribution in [-0.2, 0) is 9.59 Å². The lowest BCUT2D eigenvalue weighted by molar-refractivity contribution is -0.131. The van der Waals surface area contributed by atoms with Crippen LogP contribution in [0.3, 0.4) is 0 Å². The zero-order valence-electron chi connectivity index (χ0n) is 13.8. The van der Waals surface area contributed by atoms with Crippen LogP contribution >= 0.6 is 15.9 Å². The van der Waals surface area contributed by atoms with Crippen molar-refractivity contribution in [3.05, 3.63) is 40.5 Å². The Hall–Kier alpha value is -1.82. The molecule has 1 saturated heterocycles. The molecule has 2 amide bonds. The fourth-order valence-electron chi connectivity index (χ4n) is 3.29. The van der Waals surface area contributed by atoms with Gasteiger partial charge in [0, 0.05) is 23.5 Å². The number of halogens is 1. The standard InChI is InChI=1S/C18H22BrN3O2/c1-2-14-5-3-4-12-21(14)18(24)16-10-11-17(23)22(20-16)15-8-6-13(19)7-9-15/h6-10,14,20H,2-5,11-12H2,1H3/t14-/m1/s1. The highest BCUT2D eigenvalue weighted by Gasteiger charge is 2.31. The largest absolute Gasteiger partial charge is 0.334 e. The Morgan fingerprint density at radius 3 is 2.75 bits per heavy atom. The smallest absolute Gasteiger partial charge is 0.271 e. The molecule has 1 fully saturated rings. The number of rotatable bonds is 3. The molecular weight excluding hydrogens is 370 g/mol. The van der Waals surface area contributed by atoms with E-state index in [0.29, 0.717) is 11.7 Å². The number of benzene rings is 1. The Bertz CT molecular complexity index is 657. The molecule has 1 aromatic carbocycles. The maximum absolute atomic E-state index is 12.9. The van der Waals surface area contributed by atoms with Gasteiger partial charge >= 0.3 is 0 Å². The van der Waals surface area contributed by atoms with E-state index in [1.807, 2.05) is 29.2 Å². The van der Waals surface area contributed by atoms with Gasteiger partial charge in [0.1, 0.15) is 5.70 Å². The van der Waals surface area contributed by atoms with Crippen molar-refractivity contribution < 1.29 is 9.59 Å². The lowest BCUT2D eigenvalue weighted by Crippen LogP contribution is -2.52. The van der Waals surface area contributed by atoms with Crippen LogP contribution in [0.4, 0.5) is 5.69 Å². The van der Waals surface area contributed by atoms with Crippen LogP contribution in [0, 0.1) is 0 Å². The Morgan fingerprint density at radius 2 is 2.04 bits per heavy atom. The molecule has 0 unspecified atom stereocenters. The van der Waals surface area contributed by atoms with Gasteiger partial charge in [-0.1, -0.05) is 22.9 Å². The minimum absolute atomic E-state index is 0.00355. The summed E-state index contributed by atoms with van der Waals surface area (Å²) in [6.07, 6.45) is 6.19. The molecule has 2 aliphatic rings. The van der Waals surface area contributed by atoms with Crippen LogP contribution < -0.4 is 10.4 Å². The summed E-state index contributed by atoms with van der Waals surface area (Å²) in [6, 6.07) is 7.74. The van der Waals surface area contributed by atoms with Crippen LogP contribution in [0.1, 0.15) is 39.0 Å². The summed E-state index contributed by atoms with van der Waals surface area (Å²) in [4.78, 5) is 27.1. The zero-order valence-corrected chi connectivity index (χ0v) is 15.4. The van der Waals surface area contributed by atoms with Gasteiger partial charge in [0.05, 0.1) is 5.69 Å². The van der Waals surface area contributed by atoms with E-state index < -0.39 is 0 Å². The number of nitrogens with one attached hydrogen (secondary N) is 1. The van der Waals surface area contributed by atoms with Gasteiger partial charge < -0.3 is 4.90 Å². The minimum Gasteiger partial charge on any atom is -0.334 e. The van der Waals surface area contributed by atoms with E-state index in [9.17, 15) is 9.59 Å². The highest BCUT2D eigenvalue weighted by Crippen LogP contribution is 2.24. The van der Waals surface area contributed by atoms with Gasteiger partial charge in [-0.3, -0.25) is 15.0 Å². The molecule has 0 aromatic heterocycles. The fourth-order valence-corrected chi connectivity index (χ4v) is 3.55. The summed E-state index contributed by atoms with van der Waals surface area (Å²) in [6.45, 7) is 2.92. The van der Waals surface area contributed by atoms with Crippen molar-refractivity contribution in [2.24, 2.45) is 0 Å². The van der Waals surface area contributed by atoms with Crippen molar-refractivity contribution in [1.29, 1.82) is 0 Å². The lowest BCUT2D eigenvalue weighted by Gasteiger charge is -2.37. The third kappa shape index (κ3) is 3.48. The molecule has 2 heterocycles. The second-order valence-electron chi connectivity index (χ2n) is 6.20. The van der Waals surface area contributed by atoms with Crippen molar-refractivity contribution >= 4 is 33.4 Å². The molecule has 2 aliphatic heterocycles. The molecular formula is C18H22BrN3O2. The summed E-state index contributed by atoms with van der Waals surface area (Å²) in [5.74, 6) is -0.0734. The number of anilines is 1. The van der Waals surface area contributed by atoms with Crippen molar-refractivity contribution in [2.45, 2.75) is 45.1 Å². The Balaban J connectivity index is 1.77. The van der Waals surface area contributed by atoms with Crippen molar-refractivity contribution in [3.8, 4) is 0 Å². The molecule has 6 heteroatoms. The lowest BCUT2D eigenvalue weighted by atomic mass is 9.99. The fraction of sp³-hybridized carbons (Fsp3) is 0.444. The van der Waals surface area contributed by atoms with Crippen LogP contribution in [-0.4, -0.2) is 29.3 Å². The highest BCUT2D eigenvalue weighted by molar-refractivity contribution is 9.10. The number of likely N-dealkylation sites (tertiary alicyclic amines) is 1. The van der Waals surface area contributed by atoms with Gasteiger partial charge in [-0.15, -0.1) is 0 Å². The van der Waals surface area contributed by atoms with Gasteiger partial charge in [-0.05, 0) is 56.0 Å². The monoisotopic (exact) mass is 391 g/mol. The second-order valence-corrected chi connectivity index (χ2v) is 7.11. The average Bonchev–Trinajstić information content (AvgIpc) is 2.62. The van der Waals surface area contributed by atoms with Crippen LogP contribution in [0.2, 0.25) is 0 Å². The number of carbonyl (C=O) groups is 2. The van der Waals surface area contributed by atoms with Crippen LogP contribution in [0.25, 0.3) is 0 Å². The maximum atomic E-state index is 12.9. The first-order valence-corrected chi connectivity index (χ1v) is 9.25. The topological polar surface area (TPSA) is 52.7 Å². The van der Waals surface area contributed by atoms with E-state index in [1.165, 1.54) is 11.4 Å². The van der Waals surface area contributed by atoms with Crippen molar-refractivity contribution in [3.63, 3.8) is 0 Å². The van der Waals surface area contributed by atoms with Gasteiger partial charge in [0.2, 0.25) is 5.91 Å². The third-order valence-electron chi connectivity index (χ3n) is 4.64. The molecule has 0 radical (unpaired) electrons. The Kier molecular flexibility index (Phi) is 5.23. The summed E-state index contributed by atoms with van der Waals surface area (Å²) in [7, 11) is 0. The number of hydrazine groups is 1. The summed E-state index contributed by atoms with van der Waals surface area (Å²) in [5.41, 5.74) is 4.25. The summed E-state index contributed by atoms with van der Waals surface area (Å²) >= 11 is 3.39. The summed E-state index contributed by atoms with van der Waals surface area (Å²) < 4.78 is 0.946. The normalized spacial score (nSPS) is 21.3. The predicted octanol–water partition coefficient (Wildman–Crippen LogP) is 3.37. The van der Waals surface area contributed by atoms with Gasteiger partial charge in [0.15, 0.2) is 0 Å². The molecule has 1 atom stereocenters. The molecule has 128 valence electrons. The number of carbonyl (C=O) groups excluding carboxylic acids is 2. The van der Waals surface area contributed by atoms with Gasteiger partial charge in [-0.25, -0.2) is 5.01 Å². The van der Waals surface area contributed by atoms with E-state index in [4.69, 9.17) is 0 Å². The Labute approximate surface area is 150 Å². The van der Waals surface area contributed by atoms with E-state index in [0.717, 1.165) is 36.0 Å². The van der Waals surface area contributed by atoms with E-state index in [1.54, 1.807) is 6.08 Å². The number of hydrogen-bond donors (Lipinski definition) is 1. The first-order chi connectivity index (χ1) is 11.6. The van der Waals surface area contributed by atoms with E-state index in [-0.39, 0.29) is 18.2 Å². The SMILES string of the molecule is CC[C@@H]1CCCCN1C(=O)C1=CCC(=O)N(c2ccc(Br)cc2)N1. The Morgan fingerprint density at radius 1 is 1.29 bits per heavy atom. The predicted molar refractivity (Wildman–Crippen MR) is 97.1 cm³/mol. The van der Waals surface area contributed by atoms with E-state index in [2.05, 4.69) is 28.3 Å². The minimum atomic E-state index is -0.0699. The van der Waals surface area contributed by atoms with E-state index >= 15 is 0 Å². The number of nitrogens with zero attached hydrogens (tertiary/aromatic N) is 2. The molecule has 0 aliphatic carbocycles. The van der Waals surface area contributed by atoms with Crippen molar-refractivity contribution in [2.75, 3.05) is 11.6 Å². The number of amides is 2. The number of hydrogen-bond acceptors (Lipinski definition) is 3. The molecule has 1 N–H and O–H groups in total. The summed E-state index contributed by atoms with van der Waals surface area (Å²) in [5, 5.41) is 1.46. The molecule has 1 aromatic rings. The zero-order chi connectivity index (χ0) is 17.1. The van der Waals surface area contributed by atoms with Crippen LogP contribution in [0.15, 0.2) is 40.5 Å². The first-order valence-electron chi connectivity index (χ1n) is 8.46. The molecule has 24 heavy (non-hydrogen) atoms. The molecule has 3 rings (SSSR count). The molecule has 0 bridgehead atoms. The first kappa shape index (κ1) is 17.0. The number of piperidine rings is 1. The highest BCUT2D eigenvalue weighted by atomic mass is 79.9. The van der Waals surface area contributed by atoms with Gasteiger partial charge in [0.25, 0.3) is 5.91 Å². The van der Waals surface area contributed by atoms with Crippen molar-refractivity contribution in [1.82, 2.24) is 10.3 Å². The second kappa shape index (κ2) is 7.38. The third-order valence-corrected chi connectivity index (χ3v) is 5.17. The maximum Gasteiger partial charge on any atom is 0.271 e.